The Morgan fingerprint density at radius 3 is 2.80 bits per heavy atom. The standard InChI is InChI=1S/C11H21N3O/c1-4-14-7-10(6-13-14)5-11(12)8-15-9(2)3/h6-7,9,11H,4-5,8,12H2,1-3H3. The molecule has 0 aromatic carbocycles. The van der Waals surface area contributed by atoms with Gasteiger partial charge >= 0.3 is 0 Å². The Hall–Kier alpha value is -0.870. The van der Waals surface area contributed by atoms with Crippen LogP contribution in [0, 0.1) is 0 Å². The maximum atomic E-state index is 5.94. The number of nitrogens with zero attached hydrogens (tertiary/aromatic N) is 2. The molecule has 0 saturated carbocycles. The van der Waals surface area contributed by atoms with E-state index in [1.807, 2.05) is 30.9 Å². The molecule has 0 amide bonds. The Labute approximate surface area is 91.4 Å². The second kappa shape index (κ2) is 5.88. The molecule has 1 aromatic heterocycles. The van der Waals surface area contributed by atoms with E-state index in [9.17, 15) is 0 Å². The molecule has 0 saturated heterocycles. The topological polar surface area (TPSA) is 53.1 Å². The van der Waals surface area contributed by atoms with Crippen LogP contribution in [0.15, 0.2) is 12.4 Å². The number of aryl methyl sites for hydroxylation is 1. The zero-order valence-corrected chi connectivity index (χ0v) is 9.81. The zero-order chi connectivity index (χ0) is 11.3. The maximum Gasteiger partial charge on any atom is 0.0624 e. The number of rotatable bonds is 6. The third-order valence-corrected chi connectivity index (χ3v) is 2.15. The third kappa shape index (κ3) is 4.44. The van der Waals surface area contributed by atoms with Gasteiger partial charge in [0.05, 0.1) is 18.9 Å². The number of ether oxygens (including phenoxy) is 1. The number of aromatic nitrogens is 2. The average molecular weight is 211 g/mol. The Balaban J connectivity index is 2.33. The van der Waals surface area contributed by atoms with Gasteiger partial charge in [-0.25, -0.2) is 0 Å². The van der Waals surface area contributed by atoms with E-state index in [2.05, 4.69) is 12.0 Å². The summed E-state index contributed by atoms with van der Waals surface area (Å²) in [5.41, 5.74) is 7.12. The van der Waals surface area contributed by atoms with Crippen LogP contribution < -0.4 is 5.73 Å². The molecule has 1 rings (SSSR count). The van der Waals surface area contributed by atoms with Crippen LogP contribution in [-0.2, 0) is 17.7 Å². The van der Waals surface area contributed by atoms with Gasteiger partial charge in [0.25, 0.3) is 0 Å². The second-order valence-corrected chi connectivity index (χ2v) is 4.05. The van der Waals surface area contributed by atoms with Crippen LogP contribution in [0.2, 0.25) is 0 Å². The lowest BCUT2D eigenvalue weighted by Gasteiger charge is -2.13. The average Bonchev–Trinajstić information content (AvgIpc) is 2.62. The van der Waals surface area contributed by atoms with Gasteiger partial charge in [-0.1, -0.05) is 0 Å². The van der Waals surface area contributed by atoms with Crippen molar-refractivity contribution in [1.82, 2.24) is 9.78 Å². The van der Waals surface area contributed by atoms with E-state index < -0.39 is 0 Å². The molecule has 0 bridgehead atoms. The molecule has 0 aliphatic carbocycles. The quantitative estimate of drug-likeness (QED) is 0.769. The highest BCUT2D eigenvalue weighted by molar-refractivity contribution is 5.05. The van der Waals surface area contributed by atoms with Crippen molar-refractivity contribution in [2.75, 3.05) is 6.61 Å². The Kier molecular flexibility index (Phi) is 4.78. The summed E-state index contributed by atoms with van der Waals surface area (Å²) in [4.78, 5) is 0. The molecule has 0 aliphatic rings. The smallest absolute Gasteiger partial charge is 0.0624 e. The molecule has 4 nitrogen and oxygen atoms in total. The van der Waals surface area contributed by atoms with Gasteiger partial charge in [0.1, 0.15) is 0 Å². The first-order valence-corrected chi connectivity index (χ1v) is 5.50. The first kappa shape index (κ1) is 12.2. The predicted molar refractivity (Wildman–Crippen MR) is 60.7 cm³/mol. The van der Waals surface area contributed by atoms with Crippen molar-refractivity contribution in [3.05, 3.63) is 18.0 Å². The second-order valence-electron chi connectivity index (χ2n) is 4.05. The highest BCUT2D eigenvalue weighted by Crippen LogP contribution is 2.02. The molecule has 1 heterocycles. The minimum Gasteiger partial charge on any atom is -0.377 e. The summed E-state index contributed by atoms with van der Waals surface area (Å²) >= 11 is 0. The zero-order valence-electron chi connectivity index (χ0n) is 9.81. The largest absolute Gasteiger partial charge is 0.377 e. The molecule has 86 valence electrons. The van der Waals surface area contributed by atoms with E-state index in [0.717, 1.165) is 13.0 Å². The fraction of sp³-hybridized carbons (Fsp3) is 0.727. The number of hydrogen-bond acceptors (Lipinski definition) is 3. The van der Waals surface area contributed by atoms with Crippen LogP contribution in [0.25, 0.3) is 0 Å². The Morgan fingerprint density at radius 2 is 2.27 bits per heavy atom. The van der Waals surface area contributed by atoms with Gasteiger partial charge < -0.3 is 10.5 Å². The highest BCUT2D eigenvalue weighted by atomic mass is 16.5. The summed E-state index contributed by atoms with van der Waals surface area (Å²) in [5.74, 6) is 0. The molecule has 1 atom stereocenters. The molecule has 2 N–H and O–H groups in total. The SMILES string of the molecule is CCn1cc(CC(N)COC(C)C)cn1. The van der Waals surface area contributed by atoms with Gasteiger partial charge in [-0.3, -0.25) is 4.68 Å². The summed E-state index contributed by atoms with van der Waals surface area (Å²) in [6, 6.07) is 0.0573. The van der Waals surface area contributed by atoms with Crippen LogP contribution in [0.4, 0.5) is 0 Å². The first-order chi connectivity index (χ1) is 7.11. The predicted octanol–water partition coefficient (Wildman–Crippen LogP) is 1.20. The van der Waals surface area contributed by atoms with Crippen LogP contribution in [0.1, 0.15) is 26.3 Å². The van der Waals surface area contributed by atoms with Gasteiger partial charge in [-0.05, 0) is 32.8 Å². The molecule has 0 aliphatic heterocycles. The van der Waals surface area contributed by atoms with Crippen molar-refractivity contribution in [2.24, 2.45) is 5.73 Å². The van der Waals surface area contributed by atoms with E-state index in [0.29, 0.717) is 6.61 Å². The van der Waals surface area contributed by atoms with Crippen molar-refractivity contribution in [1.29, 1.82) is 0 Å². The van der Waals surface area contributed by atoms with Crippen molar-refractivity contribution >= 4 is 0 Å². The van der Waals surface area contributed by atoms with Gasteiger partial charge in [0.15, 0.2) is 0 Å². The molecule has 0 spiro atoms. The van der Waals surface area contributed by atoms with Crippen molar-refractivity contribution in [2.45, 2.75) is 45.9 Å². The lowest BCUT2D eigenvalue weighted by atomic mass is 10.1. The molecule has 0 fully saturated rings. The van der Waals surface area contributed by atoms with Gasteiger partial charge in [-0.15, -0.1) is 0 Å². The summed E-state index contributed by atoms with van der Waals surface area (Å²) in [5, 5.41) is 4.20. The minimum atomic E-state index is 0.0573. The molecular weight excluding hydrogens is 190 g/mol. The van der Waals surface area contributed by atoms with Crippen LogP contribution >= 0.6 is 0 Å². The van der Waals surface area contributed by atoms with Gasteiger partial charge in [0.2, 0.25) is 0 Å². The third-order valence-electron chi connectivity index (χ3n) is 2.15. The maximum absolute atomic E-state index is 5.94. The van der Waals surface area contributed by atoms with E-state index in [1.165, 1.54) is 5.56 Å². The van der Waals surface area contributed by atoms with Crippen LogP contribution in [0.5, 0.6) is 0 Å². The normalized spacial score (nSPS) is 13.4. The summed E-state index contributed by atoms with van der Waals surface area (Å²) in [6.45, 7) is 7.61. The van der Waals surface area contributed by atoms with E-state index in [1.54, 1.807) is 0 Å². The highest BCUT2D eigenvalue weighted by Gasteiger charge is 2.07. The Morgan fingerprint density at radius 1 is 1.53 bits per heavy atom. The summed E-state index contributed by atoms with van der Waals surface area (Å²) in [7, 11) is 0. The summed E-state index contributed by atoms with van der Waals surface area (Å²) < 4.78 is 7.36. The van der Waals surface area contributed by atoms with E-state index in [-0.39, 0.29) is 12.1 Å². The van der Waals surface area contributed by atoms with Crippen molar-refractivity contribution in [3.8, 4) is 0 Å². The lowest BCUT2D eigenvalue weighted by Crippen LogP contribution is -2.29. The molecule has 0 radical (unpaired) electrons. The molecule has 1 unspecified atom stereocenters. The minimum absolute atomic E-state index is 0.0573. The number of nitrogens with two attached hydrogens (primary N) is 1. The van der Waals surface area contributed by atoms with Gasteiger partial charge in [0, 0.05) is 18.8 Å². The van der Waals surface area contributed by atoms with Crippen LogP contribution in [-0.4, -0.2) is 28.5 Å². The van der Waals surface area contributed by atoms with Crippen molar-refractivity contribution in [3.63, 3.8) is 0 Å². The molecular formula is C11H21N3O. The fourth-order valence-electron chi connectivity index (χ4n) is 1.36. The monoisotopic (exact) mass is 211 g/mol. The fourth-order valence-corrected chi connectivity index (χ4v) is 1.36. The van der Waals surface area contributed by atoms with Gasteiger partial charge in [-0.2, -0.15) is 5.10 Å². The van der Waals surface area contributed by atoms with E-state index >= 15 is 0 Å². The summed E-state index contributed by atoms with van der Waals surface area (Å²) in [6.07, 6.45) is 4.98. The molecule has 4 heteroatoms. The van der Waals surface area contributed by atoms with Crippen LogP contribution in [0.3, 0.4) is 0 Å². The lowest BCUT2D eigenvalue weighted by molar-refractivity contribution is 0.0684. The van der Waals surface area contributed by atoms with E-state index in [4.69, 9.17) is 10.5 Å². The Bertz CT molecular complexity index is 283. The number of hydrogen-bond donors (Lipinski definition) is 1. The van der Waals surface area contributed by atoms with Crippen molar-refractivity contribution < 1.29 is 4.74 Å². The first-order valence-electron chi connectivity index (χ1n) is 5.50. The molecule has 15 heavy (non-hydrogen) atoms. The molecule has 1 aromatic rings.